The Hall–Kier alpha value is -1.64. The molecule has 1 saturated heterocycles. The third-order valence-corrected chi connectivity index (χ3v) is 3.79. The Balaban J connectivity index is 1.76. The molecular formula is C16H21F3N2O3. The van der Waals surface area contributed by atoms with Gasteiger partial charge in [-0.1, -0.05) is 30.3 Å². The molecule has 1 aliphatic heterocycles. The van der Waals surface area contributed by atoms with Gasteiger partial charge in [-0.25, -0.2) is 0 Å². The molecule has 1 aliphatic rings. The lowest BCUT2D eigenvalue weighted by molar-refractivity contribution is -0.205. The summed E-state index contributed by atoms with van der Waals surface area (Å²) in [5.41, 5.74) is 1.12. The zero-order valence-electron chi connectivity index (χ0n) is 13.1. The number of hydrogen-bond acceptors (Lipinski definition) is 4. The summed E-state index contributed by atoms with van der Waals surface area (Å²) in [5, 5.41) is 11.3. The molecule has 2 atom stereocenters. The molecule has 24 heavy (non-hydrogen) atoms. The van der Waals surface area contributed by atoms with E-state index in [2.05, 4.69) is 10.2 Å². The number of nitrogens with one attached hydrogen (secondary N) is 1. The van der Waals surface area contributed by atoms with Crippen LogP contribution in [0, 0.1) is 0 Å². The predicted octanol–water partition coefficient (Wildman–Crippen LogP) is 1.32. The van der Waals surface area contributed by atoms with Crippen molar-refractivity contribution in [2.45, 2.75) is 31.3 Å². The van der Waals surface area contributed by atoms with Crippen molar-refractivity contribution < 1.29 is 27.8 Å². The van der Waals surface area contributed by atoms with Gasteiger partial charge in [-0.15, -0.1) is 0 Å². The molecule has 0 bridgehead atoms. The van der Waals surface area contributed by atoms with Gasteiger partial charge < -0.3 is 15.2 Å². The van der Waals surface area contributed by atoms with Crippen molar-refractivity contribution in [2.24, 2.45) is 0 Å². The van der Waals surface area contributed by atoms with Crippen LogP contribution in [0.15, 0.2) is 30.3 Å². The first-order valence-electron chi connectivity index (χ1n) is 7.76. The quantitative estimate of drug-likeness (QED) is 0.816. The Kier molecular flexibility index (Phi) is 6.59. The number of hydrogen-bond donors (Lipinski definition) is 2. The number of aliphatic hydroxyl groups excluding tert-OH is 1. The Morgan fingerprint density at radius 2 is 2.08 bits per heavy atom. The number of alkyl halides is 3. The molecule has 0 radical (unpaired) electrons. The smallest absolute Gasteiger partial charge is 0.384 e. The first kappa shape index (κ1) is 18.7. The van der Waals surface area contributed by atoms with Crippen LogP contribution in [0.1, 0.15) is 12.0 Å². The zero-order chi connectivity index (χ0) is 17.6. The minimum Gasteiger partial charge on any atom is -0.384 e. The maximum absolute atomic E-state index is 12.2. The number of ether oxygens (including phenoxy) is 1. The molecule has 0 aromatic heterocycles. The SMILES string of the molecule is O=C(NCC[C@@H](O)C(F)(F)F)[C@@H]1CN(Cc2ccccc2)CCO1. The lowest BCUT2D eigenvalue weighted by Crippen LogP contribution is -2.50. The van der Waals surface area contributed by atoms with Gasteiger partial charge in [0, 0.05) is 26.2 Å². The molecule has 134 valence electrons. The summed E-state index contributed by atoms with van der Waals surface area (Å²) in [7, 11) is 0. The highest BCUT2D eigenvalue weighted by Gasteiger charge is 2.37. The number of halogens is 3. The van der Waals surface area contributed by atoms with E-state index < -0.39 is 30.7 Å². The minimum absolute atomic E-state index is 0.252. The molecule has 2 N–H and O–H groups in total. The maximum atomic E-state index is 12.2. The monoisotopic (exact) mass is 346 g/mol. The van der Waals surface area contributed by atoms with Crippen LogP contribution in [0.3, 0.4) is 0 Å². The largest absolute Gasteiger partial charge is 0.414 e. The molecule has 1 fully saturated rings. The number of nitrogens with zero attached hydrogens (tertiary/aromatic N) is 1. The van der Waals surface area contributed by atoms with Crippen molar-refractivity contribution in [1.29, 1.82) is 0 Å². The fourth-order valence-electron chi connectivity index (χ4n) is 2.46. The van der Waals surface area contributed by atoms with Crippen LogP contribution in [0.5, 0.6) is 0 Å². The molecule has 1 amide bonds. The molecule has 0 saturated carbocycles. The lowest BCUT2D eigenvalue weighted by Gasteiger charge is -2.32. The standard InChI is InChI=1S/C16H21F3N2O3/c17-16(18,19)14(22)6-7-20-15(23)13-11-21(8-9-24-13)10-12-4-2-1-3-5-12/h1-5,13-14,22H,6-11H2,(H,20,23)/t13-,14+/m0/s1. The first-order chi connectivity index (χ1) is 11.4. The van der Waals surface area contributed by atoms with E-state index in [1.165, 1.54) is 0 Å². The molecule has 1 aromatic rings. The molecule has 2 rings (SSSR count). The highest BCUT2D eigenvalue weighted by Crippen LogP contribution is 2.21. The number of rotatable bonds is 6. The summed E-state index contributed by atoms with van der Waals surface area (Å²) >= 11 is 0. The number of aliphatic hydroxyl groups is 1. The first-order valence-corrected chi connectivity index (χ1v) is 7.76. The molecular weight excluding hydrogens is 325 g/mol. The number of morpholine rings is 1. The highest BCUT2D eigenvalue weighted by molar-refractivity contribution is 5.81. The third-order valence-electron chi connectivity index (χ3n) is 3.79. The van der Waals surface area contributed by atoms with Gasteiger partial charge in [0.05, 0.1) is 6.61 Å². The van der Waals surface area contributed by atoms with Gasteiger partial charge in [-0.05, 0) is 12.0 Å². The number of carbonyl (C=O) groups excluding carboxylic acids is 1. The lowest BCUT2D eigenvalue weighted by atomic mass is 10.2. The van der Waals surface area contributed by atoms with Crippen molar-refractivity contribution in [3.05, 3.63) is 35.9 Å². The summed E-state index contributed by atoms with van der Waals surface area (Å²) < 4.78 is 42.0. The summed E-state index contributed by atoms with van der Waals surface area (Å²) in [6.07, 6.45) is -8.39. The molecule has 0 unspecified atom stereocenters. The Morgan fingerprint density at radius 1 is 1.38 bits per heavy atom. The molecule has 0 aliphatic carbocycles. The zero-order valence-corrected chi connectivity index (χ0v) is 13.1. The topological polar surface area (TPSA) is 61.8 Å². The van der Waals surface area contributed by atoms with Gasteiger partial charge in [0.1, 0.15) is 6.10 Å². The predicted molar refractivity (Wildman–Crippen MR) is 81.1 cm³/mol. The van der Waals surface area contributed by atoms with Gasteiger partial charge in [0.15, 0.2) is 6.10 Å². The van der Waals surface area contributed by atoms with Crippen LogP contribution in [-0.4, -0.2) is 60.5 Å². The molecule has 0 spiro atoms. The van der Waals surface area contributed by atoms with E-state index in [1.807, 2.05) is 30.3 Å². The van der Waals surface area contributed by atoms with Gasteiger partial charge >= 0.3 is 6.18 Å². The summed E-state index contributed by atoms with van der Waals surface area (Å²) in [6, 6.07) is 9.78. The van der Waals surface area contributed by atoms with Crippen LogP contribution in [-0.2, 0) is 16.1 Å². The van der Waals surface area contributed by atoms with Crippen molar-refractivity contribution >= 4 is 5.91 Å². The molecule has 5 nitrogen and oxygen atoms in total. The van der Waals surface area contributed by atoms with Crippen molar-refractivity contribution in [2.75, 3.05) is 26.2 Å². The van der Waals surface area contributed by atoms with Gasteiger partial charge in [-0.3, -0.25) is 9.69 Å². The van der Waals surface area contributed by atoms with E-state index in [1.54, 1.807) is 0 Å². The van der Waals surface area contributed by atoms with Crippen molar-refractivity contribution in [3.8, 4) is 0 Å². The second kappa shape index (κ2) is 8.46. The second-order valence-electron chi connectivity index (χ2n) is 5.72. The van der Waals surface area contributed by atoms with Gasteiger partial charge in [0.25, 0.3) is 0 Å². The van der Waals surface area contributed by atoms with Crippen molar-refractivity contribution in [3.63, 3.8) is 0 Å². The average Bonchev–Trinajstić information content (AvgIpc) is 2.55. The van der Waals surface area contributed by atoms with Crippen LogP contribution < -0.4 is 5.32 Å². The fourth-order valence-corrected chi connectivity index (χ4v) is 2.46. The van der Waals surface area contributed by atoms with E-state index in [4.69, 9.17) is 9.84 Å². The summed E-state index contributed by atoms with van der Waals surface area (Å²) in [6.45, 7) is 1.88. The average molecular weight is 346 g/mol. The number of carbonyl (C=O) groups is 1. The van der Waals surface area contributed by atoms with Gasteiger partial charge in [0.2, 0.25) is 5.91 Å². The van der Waals surface area contributed by atoms with Crippen LogP contribution >= 0.6 is 0 Å². The normalized spacial score (nSPS) is 20.6. The van der Waals surface area contributed by atoms with E-state index in [9.17, 15) is 18.0 Å². The van der Waals surface area contributed by atoms with Crippen LogP contribution in [0.25, 0.3) is 0 Å². The highest BCUT2D eigenvalue weighted by atomic mass is 19.4. The number of benzene rings is 1. The maximum Gasteiger partial charge on any atom is 0.414 e. The number of amides is 1. The molecule has 8 heteroatoms. The van der Waals surface area contributed by atoms with E-state index in [0.29, 0.717) is 26.2 Å². The second-order valence-corrected chi connectivity index (χ2v) is 5.72. The van der Waals surface area contributed by atoms with Crippen LogP contribution in [0.4, 0.5) is 13.2 Å². The van der Waals surface area contributed by atoms with E-state index >= 15 is 0 Å². The Morgan fingerprint density at radius 3 is 2.75 bits per heavy atom. The van der Waals surface area contributed by atoms with Crippen LogP contribution in [0.2, 0.25) is 0 Å². The molecule has 1 aromatic carbocycles. The summed E-state index contributed by atoms with van der Waals surface area (Å²) in [4.78, 5) is 14.1. The Bertz CT molecular complexity index is 525. The van der Waals surface area contributed by atoms with Gasteiger partial charge in [-0.2, -0.15) is 13.2 Å². The molecule has 1 heterocycles. The van der Waals surface area contributed by atoms with E-state index in [-0.39, 0.29) is 6.54 Å². The summed E-state index contributed by atoms with van der Waals surface area (Å²) in [5.74, 6) is -0.456. The van der Waals surface area contributed by atoms with E-state index in [0.717, 1.165) is 5.56 Å². The third kappa shape index (κ3) is 5.77. The minimum atomic E-state index is -4.67. The Labute approximate surface area is 138 Å². The van der Waals surface area contributed by atoms with Crippen molar-refractivity contribution in [1.82, 2.24) is 10.2 Å². The fraction of sp³-hybridized carbons (Fsp3) is 0.562.